The first-order valence-corrected chi connectivity index (χ1v) is 9.18. The summed E-state index contributed by atoms with van der Waals surface area (Å²) in [5.41, 5.74) is 3.44. The van der Waals surface area contributed by atoms with Crippen LogP contribution in [0, 0.1) is 6.92 Å². The van der Waals surface area contributed by atoms with E-state index in [-0.39, 0.29) is 0 Å². The van der Waals surface area contributed by atoms with Crippen molar-refractivity contribution in [1.82, 2.24) is 9.97 Å². The Kier molecular flexibility index (Phi) is 6.45. The zero-order valence-corrected chi connectivity index (χ0v) is 15.6. The van der Waals surface area contributed by atoms with Gasteiger partial charge < -0.3 is 10.6 Å². The van der Waals surface area contributed by atoms with E-state index < -0.39 is 0 Å². The van der Waals surface area contributed by atoms with Gasteiger partial charge in [-0.3, -0.25) is 0 Å². The lowest BCUT2D eigenvalue weighted by Crippen LogP contribution is -2.12. The van der Waals surface area contributed by atoms with Crippen molar-refractivity contribution in [3.05, 3.63) is 82.5 Å². The number of halogens is 1. The number of rotatable bonds is 8. The maximum Gasteiger partial charge on any atom is 0.224 e. The second kappa shape index (κ2) is 9.20. The molecule has 2 aromatic carbocycles. The number of nitrogens with one attached hydrogen (secondary N) is 2. The van der Waals surface area contributed by atoms with Crippen molar-refractivity contribution < 1.29 is 0 Å². The normalized spacial score (nSPS) is 10.5. The third-order valence-electron chi connectivity index (χ3n) is 4.00. The Morgan fingerprint density at radius 2 is 1.54 bits per heavy atom. The van der Waals surface area contributed by atoms with Crippen molar-refractivity contribution in [3.8, 4) is 0 Å². The van der Waals surface area contributed by atoms with Crippen molar-refractivity contribution in [2.75, 3.05) is 23.7 Å². The molecule has 3 aromatic rings. The lowest BCUT2D eigenvalue weighted by atomic mass is 10.1. The summed E-state index contributed by atoms with van der Waals surface area (Å²) in [6.45, 7) is 3.57. The van der Waals surface area contributed by atoms with Gasteiger partial charge in [-0.05, 0) is 43.0 Å². The van der Waals surface area contributed by atoms with E-state index in [4.69, 9.17) is 11.6 Å². The molecule has 0 spiro atoms. The Labute approximate surface area is 159 Å². The van der Waals surface area contributed by atoms with Crippen LogP contribution in [0.1, 0.15) is 16.8 Å². The molecule has 2 N–H and O–H groups in total. The minimum absolute atomic E-state index is 0.647. The quantitative estimate of drug-likeness (QED) is 0.604. The fraction of sp³-hybridized carbons (Fsp3) is 0.238. The van der Waals surface area contributed by atoms with Gasteiger partial charge in [0.15, 0.2) is 0 Å². The van der Waals surface area contributed by atoms with Crippen LogP contribution in [0.3, 0.4) is 0 Å². The second-order valence-electron chi connectivity index (χ2n) is 6.19. The van der Waals surface area contributed by atoms with E-state index in [1.54, 1.807) is 0 Å². The van der Waals surface area contributed by atoms with E-state index in [1.807, 2.05) is 37.3 Å². The van der Waals surface area contributed by atoms with E-state index in [2.05, 4.69) is 50.9 Å². The van der Waals surface area contributed by atoms with Crippen LogP contribution in [-0.2, 0) is 12.8 Å². The second-order valence-corrected chi connectivity index (χ2v) is 6.62. The number of anilines is 2. The molecule has 0 aliphatic heterocycles. The van der Waals surface area contributed by atoms with Crippen molar-refractivity contribution >= 4 is 23.4 Å². The van der Waals surface area contributed by atoms with Gasteiger partial charge in [-0.15, -0.1) is 0 Å². The summed E-state index contributed by atoms with van der Waals surface area (Å²) in [5.74, 6) is 1.49. The molecule has 0 radical (unpaired) electrons. The standard InChI is InChI=1S/C21H23ClN4/c1-16-14-20(23-12-10-17-6-3-2-4-7-17)26-21(25-16)24-13-11-18-8-5-9-19(22)15-18/h2-9,14-15H,10-13H2,1H3,(H2,23,24,25,26). The van der Waals surface area contributed by atoms with Gasteiger partial charge in [-0.25, -0.2) is 4.98 Å². The summed E-state index contributed by atoms with van der Waals surface area (Å²) in [7, 11) is 0. The largest absolute Gasteiger partial charge is 0.370 e. The Morgan fingerprint density at radius 1 is 0.808 bits per heavy atom. The Morgan fingerprint density at radius 3 is 2.35 bits per heavy atom. The van der Waals surface area contributed by atoms with Gasteiger partial charge in [0.05, 0.1) is 0 Å². The third-order valence-corrected chi connectivity index (χ3v) is 4.24. The van der Waals surface area contributed by atoms with E-state index in [9.17, 15) is 0 Å². The summed E-state index contributed by atoms with van der Waals surface area (Å²) in [6.07, 6.45) is 1.83. The zero-order chi connectivity index (χ0) is 18.2. The fourth-order valence-corrected chi connectivity index (χ4v) is 2.94. The summed E-state index contributed by atoms with van der Waals surface area (Å²) in [5, 5.41) is 7.44. The average Bonchev–Trinajstić information content (AvgIpc) is 2.62. The number of benzene rings is 2. The minimum atomic E-state index is 0.647. The van der Waals surface area contributed by atoms with Gasteiger partial charge in [-0.1, -0.05) is 54.1 Å². The highest BCUT2D eigenvalue weighted by molar-refractivity contribution is 6.30. The summed E-state index contributed by atoms with van der Waals surface area (Å²) < 4.78 is 0. The SMILES string of the molecule is Cc1cc(NCCc2ccccc2)nc(NCCc2cccc(Cl)c2)n1. The maximum absolute atomic E-state index is 6.02. The van der Waals surface area contributed by atoms with E-state index in [0.717, 1.165) is 42.5 Å². The molecule has 0 atom stereocenters. The minimum Gasteiger partial charge on any atom is -0.370 e. The van der Waals surface area contributed by atoms with E-state index in [0.29, 0.717) is 5.95 Å². The van der Waals surface area contributed by atoms with E-state index in [1.165, 1.54) is 11.1 Å². The molecule has 134 valence electrons. The van der Waals surface area contributed by atoms with Crippen LogP contribution in [0.4, 0.5) is 11.8 Å². The van der Waals surface area contributed by atoms with Crippen LogP contribution < -0.4 is 10.6 Å². The Bertz CT molecular complexity index is 836. The molecule has 0 amide bonds. The lowest BCUT2D eigenvalue weighted by Gasteiger charge is -2.10. The molecule has 0 unspecified atom stereocenters. The molecule has 26 heavy (non-hydrogen) atoms. The lowest BCUT2D eigenvalue weighted by molar-refractivity contribution is 0.961. The van der Waals surface area contributed by atoms with Gasteiger partial charge >= 0.3 is 0 Å². The zero-order valence-electron chi connectivity index (χ0n) is 14.9. The molecule has 0 aliphatic rings. The van der Waals surface area contributed by atoms with Crippen LogP contribution in [0.5, 0.6) is 0 Å². The van der Waals surface area contributed by atoms with Crippen LogP contribution in [0.15, 0.2) is 60.7 Å². The number of aromatic nitrogens is 2. The first kappa shape index (κ1) is 18.2. The molecule has 1 heterocycles. The number of aryl methyl sites for hydroxylation is 1. The van der Waals surface area contributed by atoms with Crippen LogP contribution in [0.25, 0.3) is 0 Å². The highest BCUT2D eigenvalue weighted by Gasteiger charge is 2.03. The molecule has 3 rings (SSSR count). The molecular formula is C21H23ClN4. The summed E-state index contributed by atoms with van der Waals surface area (Å²) in [6, 6.07) is 20.3. The van der Waals surface area contributed by atoms with Gasteiger partial charge in [0.2, 0.25) is 5.95 Å². The topological polar surface area (TPSA) is 49.8 Å². The summed E-state index contributed by atoms with van der Waals surface area (Å²) in [4.78, 5) is 9.01. The molecule has 0 aliphatic carbocycles. The number of hydrogen-bond acceptors (Lipinski definition) is 4. The van der Waals surface area contributed by atoms with Crippen LogP contribution >= 0.6 is 11.6 Å². The molecule has 0 fully saturated rings. The molecular weight excluding hydrogens is 344 g/mol. The first-order valence-electron chi connectivity index (χ1n) is 8.81. The number of hydrogen-bond donors (Lipinski definition) is 2. The molecule has 0 bridgehead atoms. The van der Waals surface area contributed by atoms with Crippen LogP contribution in [-0.4, -0.2) is 23.1 Å². The summed E-state index contributed by atoms with van der Waals surface area (Å²) >= 11 is 6.02. The van der Waals surface area contributed by atoms with Gasteiger partial charge in [0.1, 0.15) is 5.82 Å². The average molecular weight is 367 g/mol. The van der Waals surface area contributed by atoms with Gasteiger partial charge in [0.25, 0.3) is 0 Å². The Balaban J connectivity index is 1.52. The van der Waals surface area contributed by atoms with Crippen molar-refractivity contribution in [2.24, 2.45) is 0 Å². The third kappa shape index (κ3) is 5.74. The predicted octanol–water partition coefficient (Wildman–Crippen LogP) is 4.75. The maximum atomic E-state index is 6.02. The van der Waals surface area contributed by atoms with Gasteiger partial charge in [-0.2, -0.15) is 4.98 Å². The van der Waals surface area contributed by atoms with Crippen molar-refractivity contribution in [2.45, 2.75) is 19.8 Å². The predicted molar refractivity (Wildman–Crippen MR) is 109 cm³/mol. The van der Waals surface area contributed by atoms with Crippen LogP contribution in [0.2, 0.25) is 5.02 Å². The molecule has 0 saturated carbocycles. The highest BCUT2D eigenvalue weighted by atomic mass is 35.5. The first-order chi connectivity index (χ1) is 12.7. The fourth-order valence-electron chi connectivity index (χ4n) is 2.73. The molecule has 1 aromatic heterocycles. The molecule has 0 saturated heterocycles. The Hall–Kier alpha value is -2.59. The molecule has 4 nitrogen and oxygen atoms in total. The van der Waals surface area contributed by atoms with Gasteiger partial charge in [0, 0.05) is 29.9 Å². The van der Waals surface area contributed by atoms with Crippen molar-refractivity contribution in [1.29, 1.82) is 0 Å². The highest BCUT2D eigenvalue weighted by Crippen LogP contribution is 2.13. The smallest absolute Gasteiger partial charge is 0.224 e. The molecule has 5 heteroatoms. The monoisotopic (exact) mass is 366 g/mol. The van der Waals surface area contributed by atoms with Crippen molar-refractivity contribution in [3.63, 3.8) is 0 Å². The van der Waals surface area contributed by atoms with E-state index >= 15 is 0 Å². The number of nitrogens with zero attached hydrogens (tertiary/aromatic N) is 2.